The third-order valence-corrected chi connectivity index (χ3v) is 3.34. The van der Waals surface area contributed by atoms with Crippen molar-refractivity contribution in [1.29, 1.82) is 0 Å². The fourth-order valence-electron chi connectivity index (χ4n) is 2.11. The molecule has 0 aliphatic carbocycles. The van der Waals surface area contributed by atoms with E-state index in [1.54, 1.807) is 31.2 Å². The first-order valence-electron chi connectivity index (χ1n) is 7.34. The largest absolute Gasteiger partial charge is 0.448 e. The second kappa shape index (κ2) is 6.49. The number of hydrogen-bond acceptors (Lipinski definition) is 6. The molecule has 1 aromatic carbocycles. The van der Waals surface area contributed by atoms with Crippen LogP contribution in [0.3, 0.4) is 0 Å². The molecule has 2 heterocycles. The maximum Gasteiger partial charge on any atom is 0.357 e. The quantitative estimate of drug-likeness (QED) is 0.741. The molecule has 3 aromatic rings. The number of anilines is 1. The molecular weight excluding hydrogens is 310 g/mol. The standard InChI is InChI=1S/C17H15N3O4/c1-10-9-15(20-24-10)19-16(21)11(2)23-17(22)14-8-7-12-5-3-4-6-13(12)18-14/h3-9,11H,1-2H3,(H,19,20,21). The minimum Gasteiger partial charge on any atom is -0.448 e. The molecule has 7 heteroatoms. The van der Waals surface area contributed by atoms with Gasteiger partial charge in [0.05, 0.1) is 5.52 Å². The van der Waals surface area contributed by atoms with Crippen LogP contribution in [0.1, 0.15) is 23.2 Å². The van der Waals surface area contributed by atoms with Crippen molar-refractivity contribution in [2.75, 3.05) is 5.32 Å². The molecule has 3 rings (SSSR count). The van der Waals surface area contributed by atoms with Gasteiger partial charge in [0.25, 0.3) is 5.91 Å². The molecule has 0 bridgehead atoms. The average molecular weight is 325 g/mol. The zero-order valence-corrected chi connectivity index (χ0v) is 13.1. The van der Waals surface area contributed by atoms with Crippen molar-refractivity contribution in [3.8, 4) is 0 Å². The molecule has 0 radical (unpaired) electrons. The average Bonchev–Trinajstić information content (AvgIpc) is 2.99. The molecule has 0 aliphatic rings. The van der Waals surface area contributed by atoms with Crippen LogP contribution in [0.5, 0.6) is 0 Å². The SMILES string of the molecule is Cc1cc(NC(=O)C(C)OC(=O)c2ccc3ccccc3n2)no1. The van der Waals surface area contributed by atoms with Gasteiger partial charge in [-0.05, 0) is 26.0 Å². The number of carbonyl (C=O) groups is 2. The van der Waals surface area contributed by atoms with Gasteiger partial charge in [-0.2, -0.15) is 0 Å². The van der Waals surface area contributed by atoms with Gasteiger partial charge in [0.15, 0.2) is 11.9 Å². The van der Waals surface area contributed by atoms with Gasteiger partial charge in [0.1, 0.15) is 11.5 Å². The lowest BCUT2D eigenvalue weighted by atomic mass is 10.2. The number of aryl methyl sites for hydroxylation is 1. The van der Waals surface area contributed by atoms with Gasteiger partial charge in [-0.15, -0.1) is 0 Å². The smallest absolute Gasteiger partial charge is 0.357 e. The number of aromatic nitrogens is 2. The van der Waals surface area contributed by atoms with Gasteiger partial charge in [0.2, 0.25) is 0 Å². The molecule has 0 saturated carbocycles. The number of rotatable bonds is 4. The number of pyridine rings is 1. The number of para-hydroxylation sites is 1. The molecule has 0 spiro atoms. The summed E-state index contributed by atoms with van der Waals surface area (Å²) in [4.78, 5) is 28.4. The summed E-state index contributed by atoms with van der Waals surface area (Å²) in [6.45, 7) is 3.18. The van der Waals surface area contributed by atoms with Crippen molar-refractivity contribution in [3.05, 3.63) is 53.9 Å². The van der Waals surface area contributed by atoms with E-state index in [2.05, 4.69) is 15.5 Å². The second-order valence-electron chi connectivity index (χ2n) is 5.25. The summed E-state index contributed by atoms with van der Waals surface area (Å²) < 4.78 is 10.0. The second-order valence-corrected chi connectivity index (χ2v) is 5.25. The molecule has 0 fully saturated rings. The number of nitrogens with zero attached hydrogens (tertiary/aromatic N) is 2. The monoisotopic (exact) mass is 325 g/mol. The number of carbonyl (C=O) groups excluding carboxylic acids is 2. The number of benzene rings is 1. The van der Waals surface area contributed by atoms with Gasteiger partial charge in [0, 0.05) is 11.5 Å². The van der Waals surface area contributed by atoms with E-state index in [1.165, 1.54) is 6.92 Å². The van der Waals surface area contributed by atoms with Crippen molar-refractivity contribution in [2.45, 2.75) is 20.0 Å². The third-order valence-electron chi connectivity index (χ3n) is 3.34. The van der Waals surface area contributed by atoms with E-state index in [4.69, 9.17) is 9.26 Å². The molecule has 0 saturated heterocycles. The van der Waals surface area contributed by atoms with Crippen molar-refractivity contribution in [1.82, 2.24) is 10.1 Å². The fraction of sp³-hybridized carbons (Fsp3) is 0.176. The topological polar surface area (TPSA) is 94.3 Å². The van der Waals surface area contributed by atoms with Crippen molar-refractivity contribution >= 4 is 28.6 Å². The normalized spacial score (nSPS) is 11.9. The molecule has 1 unspecified atom stereocenters. The van der Waals surface area contributed by atoms with Crippen LogP contribution in [0.25, 0.3) is 10.9 Å². The van der Waals surface area contributed by atoms with E-state index in [9.17, 15) is 9.59 Å². The van der Waals surface area contributed by atoms with Crippen molar-refractivity contribution in [3.63, 3.8) is 0 Å². The highest BCUT2D eigenvalue weighted by Gasteiger charge is 2.21. The minimum atomic E-state index is -0.997. The first kappa shape index (κ1) is 15.7. The zero-order chi connectivity index (χ0) is 17.1. The summed E-state index contributed by atoms with van der Waals surface area (Å²) in [7, 11) is 0. The Labute approximate surface area is 137 Å². The highest BCUT2D eigenvalue weighted by atomic mass is 16.5. The van der Waals surface area contributed by atoms with E-state index >= 15 is 0 Å². The molecule has 122 valence electrons. The molecule has 1 N–H and O–H groups in total. The van der Waals surface area contributed by atoms with E-state index in [0.29, 0.717) is 11.3 Å². The van der Waals surface area contributed by atoms with Gasteiger partial charge in [-0.3, -0.25) is 4.79 Å². The van der Waals surface area contributed by atoms with Crippen LogP contribution >= 0.6 is 0 Å². The molecule has 0 aliphatic heterocycles. The molecule has 7 nitrogen and oxygen atoms in total. The minimum absolute atomic E-state index is 0.144. The Kier molecular flexibility index (Phi) is 4.24. The van der Waals surface area contributed by atoms with Crippen LogP contribution in [0, 0.1) is 6.92 Å². The molecule has 1 atom stereocenters. The lowest BCUT2D eigenvalue weighted by molar-refractivity contribution is -0.123. The number of esters is 1. The van der Waals surface area contributed by atoms with Crippen LogP contribution in [0.4, 0.5) is 5.82 Å². The summed E-state index contributed by atoms with van der Waals surface area (Å²) in [5.41, 5.74) is 0.827. The Balaban J connectivity index is 1.67. The maximum absolute atomic E-state index is 12.2. The predicted molar refractivity (Wildman–Crippen MR) is 86.5 cm³/mol. The lowest BCUT2D eigenvalue weighted by Crippen LogP contribution is -2.30. The van der Waals surface area contributed by atoms with Crippen LogP contribution in [-0.2, 0) is 9.53 Å². The van der Waals surface area contributed by atoms with E-state index in [1.807, 2.05) is 18.2 Å². The number of hydrogen-bond donors (Lipinski definition) is 1. The highest BCUT2D eigenvalue weighted by molar-refractivity contribution is 5.97. The van der Waals surface area contributed by atoms with E-state index in [0.717, 1.165) is 5.39 Å². The van der Waals surface area contributed by atoms with Gasteiger partial charge in [-0.1, -0.05) is 29.4 Å². The van der Waals surface area contributed by atoms with Gasteiger partial charge in [-0.25, -0.2) is 9.78 Å². The van der Waals surface area contributed by atoms with E-state index in [-0.39, 0.29) is 11.5 Å². The Hall–Kier alpha value is -3.22. The van der Waals surface area contributed by atoms with Crippen LogP contribution in [0.15, 0.2) is 47.0 Å². The van der Waals surface area contributed by atoms with Gasteiger partial charge >= 0.3 is 5.97 Å². The summed E-state index contributed by atoms with van der Waals surface area (Å²) in [6, 6.07) is 12.3. The van der Waals surface area contributed by atoms with Crippen LogP contribution in [0.2, 0.25) is 0 Å². The molecule has 1 amide bonds. The summed E-state index contributed by atoms with van der Waals surface area (Å²) >= 11 is 0. The Bertz CT molecular complexity index is 903. The molecular formula is C17H15N3O4. The first-order chi connectivity index (χ1) is 11.5. The van der Waals surface area contributed by atoms with Gasteiger partial charge < -0.3 is 14.6 Å². The zero-order valence-electron chi connectivity index (χ0n) is 13.1. The molecule has 24 heavy (non-hydrogen) atoms. The highest BCUT2D eigenvalue weighted by Crippen LogP contribution is 2.13. The summed E-state index contributed by atoms with van der Waals surface area (Å²) in [5, 5.41) is 7.08. The maximum atomic E-state index is 12.2. The first-order valence-corrected chi connectivity index (χ1v) is 7.34. The van der Waals surface area contributed by atoms with Crippen molar-refractivity contribution in [2.24, 2.45) is 0 Å². The van der Waals surface area contributed by atoms with E-state index < -0.39 is 18.0 Å². The summed E-state index contributed by atoms with van der Waals surface area (Å²) in [5.74, 6) is -0.336. The number of nitrogens with one attached hydrogen (secondary N) is 1. The Morgan fingerprint density at radius 1 is 1.21 bits per heavy atom. The summed E-state index contributed by atoms with van der Waals surface area (Å²) in [6.07, 6.45) is -0.997. The lowest BCUT2D eigenvalue weighted by Gasteiger charge is -2.12. The number of fused-ring (bicyclic) bond motifs is 1. The Morgan fingerprint density at radius 3 is 2.75 bits per heavy atom. The predicted octanol–water partition coefficient (Wildman–Crippen LogP) is 2.72. The fourth-order valence-corrected chi connectivity index (χ4v) is 2.11. The number of ether oxygens (including phenoxy) is 1. The van der Waals surface area contributed by atoms with Crippen LogP contribution < -0.4 is 5.32 Å². The van der Waals surface area contributed by atoms with Crippen molar-refractivity contribution < 1.29 is 18.8 Å². The Morgan fingerprint density at radius 2 is 2.00 bits per heavy atom. The van der Waals surface area contributed by atoms with Crippen LogP contribution in [-0.4, -0.2) is 28.1 Å². The molecule has 2 aromatic heterocycles. The number of amides is 1. The third kappa shape index (κ3) is 3.40.